The van der Waals surface area contributed by atoms with Crippen LogP contribution in [-0.4, -0.2) is 57.5 Å². The molecule has 0 N–H and O–H groups in total. The Kier molecular flexibility index (Phi) is 12.6. The fourth-order valence-electron chi connectivity index (χ4n) is 2.48. The number of halogens is 1. The second-order valence-corrected chi connectivity index (χ2v) is 7.57. The monoisotopic (exact) mass is 530 g/mol. The Morgan fingerprint density at radius 3 is 1.18 bits per heavy atom. The Hall–Kier alpha value is -4.84. The summed E-state index contributed by atoms with van der Waals surface area (Å²) >= 11 is 0. The fourth-order valence-corrected chi connectivity index (χ4v) is 2.48. The summed E-state index contributed by atoms with van der Waals surface area (Å²) in [5.74, 6) is -4.97. The van der Waals surface area contributed by atoms with E-state index in [4.69, 9.17) is 28.4 Å². The number of carbonyl (C=O) groups is 3. The van der Waals surface area contributed by atoms with Crippen molar-refractivity contribution >= 4 is 17.9 Å². The molecule has 1 rings (SSSR count). The molecule has 0 amide bonds. The van der Waals surface area contributed by atoms with Crippen molar-refractivity contribution in [1.82, 2.24) is 0 Å². The van der Waals surface area contributed by atoms with Crippen molar-refractivity contribution in [2.75, 3.05) is 39.6 Å². The molecule has 0 aliphatic carbocycles. The molecular formula is C26H27FN2O9. The predicted octanol–water partition coefficient (Wildman–Crippen LogP) is 3.06. The maximum absolute atomic E-state index is 15.4. The lowest BCUT2D eigenvalue weighted by atomic mass is 10.1. The molecule has 11 nitrogen and oxygen atoms in total. The highest BCUT2D eigenvalue weighted by molar-refractivity contribution is 5.87. The number of benzene rings is 1. The van der Waals surface area contributed by atoms with Gasteiger partial charge in [-0.25, -0.2) is 14.4 Å². The first-order chi connectivity index (χ1) is 18.0. The van der Waals surface area contributed by atoms with Gasteiger partial charge in [0.2, 0.25) is 5.82 Å². The molecular weight excluding hydrogens is 503 g/mol. The molecule has 0 heterocycles. The Morgan fingerprint density at radius 2 is 0.921 bits per heavy atom. The van der Waals surface area contributed by atoms with Gasteiger partial charge in [0.25, 0.3) is 0 Å². The maximum atomic E-state index is 15.4. The van der Waals surface area contributed by atoms with Crippen LogP contribution in [0.4, 0.5) is 4.39 Å². The smallest absolute Gasteiger partial charge is 0.333 e. The molecule has 12 heteroatoms. The lowest BCUT2D eigenvalue weighted by Gasteiger charge is -2.18. The van der Waals surface area contributed by atoms with E-state index in [2.05, 4.69) is 19.7 Å². The standard InChI is InChI=1S/C26H27FN2O9/c1-15(2)24(30)36-10-7-33-21-18(13-28)22(34-8-11-37-25(31)16(3)4)20(27)23(19(21)14-29)35-9-12-38-26(32)17(5)6/h1,3,5,7-12H2,2,4,6H3. The second-order valence-electron chi connectivity index (χ2n) is 7.57. The van der Waals surface area contributed by atoms with Gasteiger partial charge in [-0.05, 0) is 20.8 Å². The van der Waals surface area contributed by atoms with Gasteiger partial charge in [-0.15, -0.1) is 0 Å². The Bertz CT molecular complexity index is 1140. The SMILES string of the molecule is C=C(C)C(=O)OCCOc1c(F)c(OCCOC(=O)C(=C)C)c(C#N)c(OCCOC(=O)C(=C)C)c1C#N. The number of hydrogen-bond acceptors (Lipinski definition) is 11. The molecule has 0 bridgehead atoms. The van der Waals surface area contributed by atoms with Gasteiger partial charge >= 0.3 is 17.9 Å². The highest BCUT2D eigenvalue weighted by atomic mass is 19.1. The van der Waals surface area contributed by atoms with Gasteiger partial charge in [0, 0.05) is 16.7 Å². The van der Waals surface area contributed by atoms with Crippen molar-refractivity contribution in [3.05, 3.63) is 53.4 Å². The van der Waals surface area contributed by atoms with E-state index in [1.54, 1.807) is 12.1 Å². The van der Waals surface area contributed by atoms with Gasteiger partial charge in [-0.1, -0.05) is 19.7 Å². The first-order valence-electron chi connectivity index (χ1n) is 11.0. The van der Waals surface area contributed by atoms with Gasteiger partial charge in [-0.2, -0.15) is 14.9 Å². The van der Waals surface area contributed by atoms with Gasteiger partial charge in [0.1, 0.15) is 62.9 Å². The van der Waals surface area contributed by atoms with E-state index in [1.165, 1.54) is 20.8 Å². The summed E-state index contributed by atoms with van der Waals surface area (Å²) in [6.45, 7) is 12.7. The third-order valence-electron chi connectivity index (χ3n) is 4.26. The lowest BCUT2D eigenvalue weighted by Crippen LogP contribution is -2.17. The largest absolute Gasteiger partial charge is 0.487 e. The first-order valence-corrected chi connectivity index (χ1v) is 11.0. The average Bonchev–Trinajstić information content (AvgIpc) is 2.87. The Balaban J connectivity index is 3.28. The van der Waals surface area contributed by atoms with Crippen LogP contribution in [0.1, 0.15) is 31.9 Å². The summed E-state index contributed by atoms with van der Waals surface area (Å²) in [5, 5.41) is 19.4. The minimum absolute atomic E-state index is 0.137. The topological polar surface area (TPSA) is 154 Å². The van der Waals surface area contributed by atoms with Gasteiger partial charge in [0.05, 0.1) is 0 Å². The Morgan fingerprint density at radius 1 is 0.632 bits per heavy atom. The summed E-state index contributed by atoms with van der Waals surface area (Å²) in [5.41, 5.74) is -0.555. The van der Waals surface area contributed by atoms with Gasteiger partial charge in [0.15, 0.2) is 17.2 Å². The molecule has 0 saturated carbocycles. The molecule has 0 atom stereocenters. The molecule has 0 aliphatic rings. The van der Waals surface area contributed by atoms with E-state index >= 15 is 4.39 Å². The number of nitrogens with zero attached hydrogens (tertiary/aromatic N) is 2. The van der Waals surface area contributed by atoms with E-state index < -0.39 is 52.1 Å². The zero-order chi connectivity index (χ0) is 28.8. The molecule has 0 fully saturated rings. The van der Waals surface area contributed by atoms with Gasteiger partial charge < -0.3 is 28.4 Å². The van der Waals surface area contributed by atoms with Crippen LogP contribution in [0, 0.1) is 28.5 Å². The molecule has 0 saturated heterocycles. The summed E-state index contributed by atoms with van der Waals surface area (Å²) in [4.78, 5) is 34.7. The molecule has 0 aliphatic heterocycles. The summed E-state index contributed by atoms with van der Waals surface area (Å²) in [6, 6.07) is 3.44. The third-order valence-corrected chi connectivity index (χ3v) is 4.26. The normalized spacial score (nSPS) is 9.74. The van der Waals surface area contributed by atoms with E-state index in [1.807, 2.05) is 0 Å². The number of esters is 3. The molecule has 0 radical (unpaired) electrons. The predicted molar refractivity (Wildman–Crippen MR) is 130 cm³/mol. The van der Waals surface area contributed by atoms with E-state index in [0.717, 1.165) is 0 Å². The highest BCUT2D eigenvalue weighted by Gasteiger charge is 2.29. The third kappa shape index (κ3) is 8.99. The Labute approximate surface area is 219 Å². The van der Waals surface area contributed by atoms with E-state index in [9.17, 15) is 24.9 Å². The van der Waals surface area contributed by atoms with Crippen molar-refractivity contribution < 1.29 is 47.2 Å². The van der Waals surface area contributed by atoms with Crippen molar-refractivity contribution in [3.63, 3.8) is 0 Å². The zero-order valence-electron chi connectivity index (χ0n) is 21.3. The van der Waals surface area contributed by atoms with Crippen molar-refractivity contribution in [1.29, 1.82) is 10.5 Å². The average molecular weight is 531 g/mol. The molecule has 0 unspecified atom stereocenters. The lowest BCUT2D eigenvalue weighted by molar-refractivity contribution is -0.140. The van der Waals surface area contributed by atoms with Crippen molar-refractivity contribution in [3.8, 4) is 29.4 Å². The molecule has 38 heavy (non-hydrogen) atoms. The highest BCUT2D eigenvalue weighted by Crippen LogP contribution is 2.42. The molecule has 0 spiro atoms. The van der Waals surface area contributed by atoms with Crippen molar-refractivity contribution in [2.24, 2.45) is 0 Å². The number of nitriles is 2. The van der Waals surface area contributed by atoms with Crippen LogP contribution in [0.5, 0.6) is 17.2 Å². The van der Waals surface area contributed by atoms with Crippen LogP contribution in [0.15, 0.2) is 36.5 Å². The fraction of sp³-hybridized carbons (Fsp3) is 0.346. The maximum Gasteiger partial charge on any atom is 0.333 e. The second kappa shape index (κ2) is 15.3. The van der Waals surface area contributed by atoms with Crippen LogP contribution in [0.25, 0.3) is 0 Å². The number of carbonyl (C=O) groups excluding carboxylic acids is 3. The van der Waals surface area contributed by atoms with E-state index in [-0.39, 0.29) is 56.4 Å². The summed E-state index contributed by atoms with van der Waals surface area (Å²) in [6.07, 6.45) is 0. The number of ether oxygens (including phenoxy) is 6. The van der Waals surface area contributed by atoms with Crippen molar-refractivity contribution in [2.45, 2.75) is 20.8 Å². The number of hydrogen-bond donors (Lipinski definition) is 0. The van der Waals surface area contributed by atoms with Gasteiger partial charge in [-0.3, -0.25) is 0 Å². The number of rotatable bonds is 15. The zero-order valence-corrected chi connectivity index (χ0v) is 21.3. The quantitative estimate of drug-likeness (QED) is 0.142. The van der Waals surface area contributed by atoms with Crippen LogP contribution >= 0.6 is 0 Å². The van der Waals surface area contributed by atoms with Crippen LogP contribution < -0.4 is 14.2 Å². The summed E-state index contributed by atoms with van der Waals surface area (Å²) in [7, 11) is 0. The van der Waals surface area contributed by atoms with E-state index in [0.29, 0.717) is 0 Å². The first kappa shape index (κ1) is 31.2. The summed E-state index contributed by atoms with van der Waals surface area (Å²) < 4.78 is 46.3. The van der Waals surface area contributed by atoms with Crippen LogP contribution in [0.3, 0.4) is 0 Å². The van der Waals surface area contributed by atoms with Crippen LogP contribution in [-0.2, 0) is 28.6 Å². The van der Waals surface area contributed by atoms with Crippen LogP contribution in [0.2, 0.25) is 0 Å². The molecule has 0 aromatic heterocycles. The molecule has 1 aromatic rings. The molecule has 1 aromatic carbocycles. The molecule has 202 valence electrons. The minimum Gasteiger partial charge on any atom is -0.487 e. The minimum atomic E-state index is -1.21.